The van der Waals surface area contributed by atoms with Crippen molar-refractivity contribution in [1.82, 2.24) is 15.6 Å². The molecule has 0 saturated heterocycles. The number of carbonyl (C=O) groups is 1. The van der Waals surface area contributed by atoms with Gasteiger partial charge in [0.15, 0.2) is 0 Å². The fourth-order valence-corrected chi connectivity index (χ4v) is 1.71. The van der Waals surface area contributed by atoms with Gasteiger partial charge in [-0.3, -0.25) is 4.79 Å². The summed E-state index contributed by atoms with van der Waals surface area (Å²) in [7, 11) is 1.65. The van der Waals surface area contributed by atoms with E-state index in [4.69, 9.17) is 9.47 Å². The van der Waals surface area contributed by atoms with Crippen LogP contribution < -0.4 is 15.4 Å². The second-order valence-electron chi connectivity index (χ2n) is 4.93. The summed E-state index contributed by atoms with van der Waals surface area (Å²) in [5.41, 5.74) is 0.943. The van der Waals surface area contributed by atoms with E-state index in [0.717, 1.165) is 12.0 Å². The first-order valence-corrected chi connectivity index (χ1v) is 7.20. The molecule has 0 saturated carbocycles. The van der Waals surface area contributed by atoms with Crippen LogP contribution in [0, 0.1) is 0 Å². The highest BCUT2D eigenvalue weighted by Crippen LogP contribution is 2.15. The Morgan fingerprint density at radius 1 is 1.43 bits per heavy atom. The normalized spacial score (nSPS) is 10.7. The Morgan fingerprint density at radius 2 is 2.24 bits per heavy atom. The molecule has 1 rings (SSSR count). The molecule has 1 heterocycles. The molecule has 21 heavy (non-hydrogen) atoms. The van der Waals surface area contributed by atoms with E-state index >= 15 is 0 Å². The van der Waals surface area contributed by atoms with Crippen molar-refractivity contribution >= 4 is 5.91 Å². The fourth-order valence-electron chi connectivity index (χ4n) is 1.71. The number of carbonyl (C=O) groups excluding carboxylic acids is 1. The van der Waals surface area contributed by atoms with E-state index < -0.39 is 0 Å². The van der Waals surface area contributed by atoms with Crippen molar-refractivity contribution in [3.8, 4) is 5.88 Å². The molecule has 2 N–H and O–H groups in total. The van der Waals surface area contributed by atoms with Crippen molar-refractivity contribution in [2.24, 2.45) is 0 Å². The minimum absolute atomic E-state index is 0.0266. The van der Waals surface area contributed by atoms with E-state index in [1.54, 1.807) is 13.3 Å². The summed E-state index contributed by atoms with van der Waals surface area (Å²) in [5, 5.41) is 5.91. The zero-order valence-corrected chi connectivity index (χ0v) is 13.0. The number of rotatable bonds is 10. The standard InChI is InChI=1S/C15H25N3O3/c1-12(2)21-15-13(6-4-7-18-15)10-16-11-14(19)17-8-5-9-20-3/h4,6-7,12,16H,5,8-11H2,1-3H3,(H,17,19). The number of aromatic nitrogens is 1. The van der Waals surface area contributed by atoms with Crippen LogP contribution in [-0.2, 0) is 16.1 Å². The lowest BCUT2D eigenvalue weighted by atomic mass is 10.2. The van der Waals surface area contributed by atoms with Gasteiger partial charge in [-0.2, -0.15) is 0 Å². The summed E-state index contributed by atoms with van der Waals surface area (Å²) in [4.78, 5) is 15.8. The van der Waals surface area contributed by atoms with Crippen molar-refractivity contribution in [2.75, 3.05) is 26.8 Å². The molecule has 0 aromatic carbocycles. The highest BCUT2D eigenvalue weighted by molar-refractivity contribution is 5.77. The van der Waals surface area contributed by atoms with Gasteiger partial charge in [-0.1, -0.05) is 6.07 Å². The van der Waals surface area contributed by atoms with E-state index in [1.807, 2.05) is 26.0 Å². The van der Waals surface area contributed by atoms with Gasteiger partial charge < -0.3 is 20.1 Å². The second-order valence-corrected chi connectivity index (χ2v) is 4.93. The smallest absolute Gasteiger partial charge is 0.233 e. The topological polar surface area (TPSA) is 72.5 Å². The molecule has 0 aliphatic rings. The Balaban J connectivity index is 2.30. The average Bonchev–Trinajstić information content (AvgIpc) is 2.45. The highest BCUT2D eigenvalue weighted by Gasteiger charge is 2.07. The molecule has 1 amide bonds. The molecule has 1 aromatic rings. The predicted molar refractivity (Wildman–Crippen MR) is 81.2 cm³/mol. The molecule has 0 atom stereocenters. The van der Waals surface area contributed by atoms with Gasteiger partial charge in [-0.25, -0.2) is 4.98 Å². The van der Waals surface area contributed by atoms with Crippen LogP contribution in [0.4, 0.5) is 0 Å². The van der Waals surface area contributed by atoms with Crippen LogP contribution >= 0.6 is 0 Å². The number of nitrogens with one attached hydrogen (secondary N) is 2. The number of amides is 1. The first kappa shape index (κ1) is 17.4. The van der Waals surface area contributed by atoms with E-state index in [9.17, 15) is 4.79 Å². The fraction of sp³-hybridized carbons (Fsp3) is 0.600. The average molecular weight is 295 g/mol. The highest BCUT2D eigenvalue weighted by atomic mass is 16.5. The largest absolute Gasteiger partial charge is 0.475 e. The van der Waals surface area contributed by atoms with Crippen LogP contribution in [-0.4, -0.2) is 43.8 Å². The van der Waals surface area contributed by atoms with Gasteiger partial charge in [0.1, 0.15) is 0 Å². The van der Waals surface area contributed by atoms with Crippen LogP contribution in [0.1, 0.15) is 25.8 Å². The van der Waals surface area contributed by atoms with Crippen molar-refractivity contribution in [2.45, 2.75) is 32.9 Å². The van der Waals surface area contributed by atoms with Crippen molar-refractivity contribution in [1.29, 1.82) is 0 Å². The van der Waals surface area contributed by atoms with Gasteiger partial charge in [0, 0.05) is 38.6 Å². The van der Waals surface area contributed by atoms with Gasteiger partial charge in [0.05, 0.1) is 12.6 Å². The van der Waals surface area contributed by atoms with Gasteiger partial charge in [-0.05, 0) is 26.3 Å². The Kier molecular flexibility index (Phi) is 8.38. The molecule has 0 fully saturated rings. The van der Waals surface area contributed by atoms with Gasteiger partial charge in [0.2, 0.25) is 11.8 Å². The first-order valence-electron chi connectivity index (χ1n) is 7.20. The number of pyridine rings is 1. The van der Waals surface area contributed by atoms with E-state index in [-0.39, 0.29) is 18.6 Å². The quantitative estimate of drug-likeness (QED) is 0.633. The molecular formula is C15H25N3O3. The maximum Gasteiger partial charge on any atom is 0.233 e. The van der Waals surface area contributed by atoms with Crippen LogP contribution in [0.5, 0.6) is 5.88 Å². The zero-order valence-electron chi connectivity index (χ0n) is 13.0. The molecule has 0 aliphatic heterocycles. The van der Waals surface area contributed by atoms with E-state index in [1.165, 1.54) is 0 Å². The Morgan fingerprint density at radius 3 is 2.95 bits per heavy atom. The van der Waals surface area contributed by atoms with E-state index in [0.29, 0.717) is 25.6 Å². The molecule has 118 valence electrons. The Hall–Kier alpha value is -1.66. The summed E-state index contributed by atoms with van der Waals surface area (Å²) >= 11 is 0. The predicted octanol–water partition coefficient (Wildman–Crippen LogP) is 1.11. The molecule has 6 nitrogen and oxygen atoms in total. The SMILES string of the molecule is COCCCNC(=O)CNCc1cccnc1OC(C)C. The first-order chi connectivity index (χ1) is 10.1. The lowest BCUT2D eigenvalue weighted by Gasteiger charge is -2.13. The Labute approximate surface area is 126 Å². The number of nitrogens with zero attached hydrogens (tertiary/aromatic N) is 1. The molecule has 0 bridgehead atoms. The molecule has 6 heteroatoms. The zero-order chi connectivity index (χ0) is 15.5. The summed E-state index contributed by atoms with van der Waals surface area (Å²) in [6.45, 7) is 6.01. The molecule has 0 aliphatic carbocycles. The second kappa shape index (κ2) is 10.1. The summed E-state index contributed by atoms with van der Waals surface area (Å²) in [5.74, 6) is 0.585. The van der Waals surface area contributed by atoms with Gasteiger partial charge in [0.25, 0.3) is 0 Å². The third-order valence-corrected chi connectivity index (χ3v) is 2.65. The minimum atomic E-state index is -0.0266. The minimum Gasteiger partial charge on any atom is -0.475 e. The van der Waals surface area contributed by atoms with Crippen LogP contribution in [0.25, 0.3) is 0 Å². The Bertz CT molecular complexity index is 424. The molecule has 0 radical (unpaired) electrons. The van der Waals surface area contributed by atoms with Crippen molar-refractivity contribution in [3.63, 3.8) is 0 Å². The van der Waals surface area contributed by atoms with E-state index in [2.05, 4.69) is 15.6 Å². The monoisotopic (exact) mass is 295 g/mol. The molecule has 1 aromatic heterocycles. The lowest BCUT2D eigenvalue weighted by molar-refractivity contribution is -0.120. The molecule has 0 unspecified atom stereocenters. The summed E-state index contributed by atoms with van der Waals surface area (Å²) in [6.07, 6.45) is 2.59. The van der Waals surface area contributed by atoms with Gasteiger partial charge >= 0.3 is 0 Å². The van der Waals surface area contributed by atoms with Crippen LogP contribution in [0.15, 0.2) is 18.3 Å². The number of hydrogen-bond acceptors (Lipinski definition) is 5. The summed E-state index contributed by atoms with van der Waals surface area (Å²) < 4.78 is 10.5. The number of methoxy groups -OCH3 is 1. The van der Waals surface area contributed by atoms with Crippen molar-refractivity contribution < 1.29 is 14.3 Å². The van der Waals surface area contributed by atoms with Crippen LogP contribution in [0.2, 0.25) is 0 Å². The van der Waals surface area contributed by atoms with Crippen LogP contribution in [0.3, 0.4) is 0 Å². The summed E-state index contributed by atoms with van der Waals surface area (Å²) in [6, 6.07) is 3.79. The lowest BCUT2D eigenvalue weighted by Crippen LogP contribution is -2.34. The number of ether oxygens (including phenoxy) is 2. The molecule has 0 spiro atoms. The number of hydrogen-bond donors (Lipinski definition) is 2. The van der Waals surface area contributed by atoms with Gasteiger partial charge in [-0.15, -0.1) is 0 Å². The third-order valence-electron chi connectivity index (χ3n) is 2.65. The maximum atomic E-state index is 11.6. The van der Waals surface area contributed by atoms with Crippen molar-refractivity contribution in [3.05, 3.63) is 23.9 Å². The third kappa shape index (κ3) is 7.63. The maximum absolute atomic E-state index is 11.6. The molecular weight excluding hydrogens is 270 g/mol.